The van der Waals surface area contributed by atoms with Gasteiger partial charge in [-0.25, -0.2) is 4.98 Å². The van der Waals surface area contributed by atoms with Crippen LogP contribution in [0.25, 0.3) is 0 Å². The highest BCUT2D eigenvalue weighted by atomic mass is 79.9. The number of anilines is 2. The van der Waals surface area contributed by atoms with Crippen LogP contribution >= 0.6 is 15.9 Å². The largest absolute Gasteiger partial charge is 0.369 e. The fourth-order valence-corrected chi connectivity index (χ4v) is 2.92. The maximum absolute atomic E-state index is 5.59. The SMILES string of the molecule is CCC1CCC(CNc2nc(N)ncc2Br)CC1. The highest BCUT2D eigenvalue weighted by molar-refractivity contribution is 9.10. The molecular formula is C13H21BrN4. The molecule has 1 saturated carbocycles. The molecule has 100 valence electrons. The number of nitrogens with one attached hydrogen (secondary N) is 1. The first-order chi connectivity index (χ1) is 8.69. The normalized spacial score (nSPS) is 23.9. The van der Waals surface area contributed by atoms with Gasteiger partial charge in [-0.3, -0.25) is 0 Å². The van der Waals surface area contributed by atoms with Gasteiger partial charge in [-0.05, 0) is 40.6 Å². The number of rotatable bonds is 4. The number of hydrogen-bond donors (Lipinski definition) is 2. The summed E-state index contributed by atoms with van der Waals surface area (Å²) in [6, 6.07) is 0. The van der Waals surface area contributed by atoms with E-state index in [4.69, 9.17) is 5.73 Å². The van der Waals surface area contributed by atoms with E-state index in [1.54, 1.807) is 6.20 Å². The van der Waals surface area contributed by atoms with Crippen molar-refractivity contribution in [2.24, 2.45) is 11.8 Å². The van der Waals surface area contributed by atoms with E-state index in [1.165, 1.54) is 32.1 Å². The van der Waals surface area contributed by atoms with Crippen LogP contribution in [0, 0.1) is 11.8 Å². The molecule has 2 rings (SSSR count). The summed E-state index contributed by atoms with van der Waals surface area (Å²) in [6.07, 6.45) is 8.41. The molecule has 0 aromatic carbocycles. The zero-order chi connectivity index (χ0) is 13.0. The minimum Gasteiger partial charge on any atom is -0.369 e. The molecule has 1 aromatic heterocycles. The second-order valence-corrected chi connectivity index (χ2v) is 5.95. The van der Waals surface area contributed by atoms with Gasteiger partial charge in [0, 0.05) is 12.7 Å². The van der Waals surface area contributed by atoms with Crippen LogP contribution in [0.3, 0.4) is 0 Å². The number of aromatic nitrogens is 2. The molecule has 4 nitrogen and oxygen atoms in total. The molecule has 1 aromatic rings. The van der Waals surface area contributed by atoms with Crippen LogP contribution in [0.4, 0.5) is 11.8 Å². The first-order valence-electron chi connectivity index (χ1n) is 6.71. The first-order valence-corrected chi connectivity index (χ1v) is 7.50. The molecule has 0 radical (unpaired) electrons. The van der Waals surface area contributed by atoms with Gasteiger partial charge in [0.05, 0.1) is 4.47 Å². The first kappa shape index (κ1) is 13.6. The lowest BCUT2D eigenvalue weighted by atomic mass is 9.81. The van der Waals surface area contributed by atoms with Crippen LogP contribution < -0.4 is 11.1 Å². The molecule has 3 N–H and O–H groups in total. The van der Waals surface area contributed by atoms with Crippen molar-refractivity contribution in [1.82, 2.24) is 9.97 Å². The summed E-state index contributed by atoms with van der Waals surface area (Å²) in [5.41, 5.74) is 5.59. The monoisotopic (exact) mass is 312 g/mol. The molecule has 0 bridgehead atoms. The Morgan fingerprint density at radius 2 is 2.00 bits per heavy atom. The van der Waals surface area contributed by atoms with E-state index in [2.05, 4.69) is 38.1 Å². The van der Waals surface area contributed by atoms with Crippen molar-refractivity contribution in [2.45, 2.75) is 39.0 Å². The summed E-state index contributed by atoms with van der Waals surface area (Å²) in [5, 5.41) is 3.38. The summed E-state index contributed by atoms with van der Waals surface area (Å²) in [7, 11) is 0. The van der Waals surface area contributed by atoms with Crippen LogP contribution in [-0.4, -0.2) is 16.5 Å². The average Bonchev–Trinajstić information content (AvgIpc) is 2.40. The molecular weight excluding hydrogens is 292 g/mol. The summed E-state index contributed by atoms with van der Waals surface area (Å²) in [6.45, 7) is 3.27. The molecule has 5 heteroatoms. The zero-order valence-corrected chi connectivity index (χ0v) is 12.4. The van der Waals surface area contributed by atoms with Crippen molar-refractivity contribution in [1.29, 1.82) is 0 Å². The third-order valence-electron chi connectivity index (χ3n) is 3.86. The lowest BCUT2D eigenvalue weighted by Gasteiger charge is -2.28. The van der Waals surface area contributed by atoms with Crippen molar-refractivity contribution >= 4 is 27.7 Å². The van der Waals surface area contributed by atoms with Crippen molar-refractivity contribution in [3.63, 3.8) is 0 Å². The van der Waals surface area contributed by atoms with Crippen LogP contribution in [0.15, 0.2) is 10.7 Å². The Balaban J connectivity index is 1.83. The second-order valence-electron chi connectivity index (χ2n) is 5.10. The van der Waals surface area contributed by atoms with E-state index in [0.29, 0.717) is 5.95 Å². The molecule has 0 amide bonds. The van der Waals surface area contributed by atoms with Crippen molar-refractivity contribution < 1.29 is 0 Å². The van der Waals surface area contributed by atoms with Gasteiger partial charge in [0.15, 0.2) is 0 Å². The third kappa shape index (κ3) is 3.57. The summed E-state index contributed by atoms with van der Waals surface area (Å²) in [4.78, 5) is 8.13. The topological polar surface area (TPSA) is 63.8 Å². The van der Waals surface area contributed by atoms with Crippen molar-refractivity contribution in [3.8, 4) is 0 Å². The highest BCUT2D eigenvalue weighted by Gasteiger charge is 2.20. The molecule has 0 spiro atoms. The van der Waals surface area contributed by atoms with Gasteiger partial charge < -0.3 is 11.1 Å². The minimum atomic E-state index is 0.315. The highest BCUT2D eigenvalue weighted by Crippen LogP contribution is 2.31. The van der Waals surface area contributed by atoms with Crippen LogP contribution in [0.1, 0.15) is 39.0 Å². The van der Waals surface area contributed by atoms with E-state index < -0.39 is 0 Å². The van der Waals surface area contributed by atoms with Gasteiger partial charge >= 0.3 is 0 Å². The summed E-state index contributed by atoms with van der Waals surface area (Å²) < 4.78 is 0.874. The van der Waals surface area contributed by atoms with E-state index in [0.717, 1.165) is 28.7 Å². The van der Waals surface area contributed by atoms with Gasteiger partial charge in [0.2, 0.25) is 5.95 Å². The van der Waals surface area contributed by atoms with Crippen molar-refractivity contribution in [2.75, 3.05) is 17.6 Å². The third-order valence-corrected chi connectivity index (χ3v) is 4.44. The Labute approximate surface area is 117 Å². The standard InChI is InChI=1S/C13H21BrN4/c1-2-9-3-5-10(6-4-9)7-16-12-11(14)8-17-13(15)18-12/h8-10H,2-7H2,1H3,(H3,15,16,17,18). The molecule has 0 atom stereocenters. The van der Waals surface area contributed by atoms with Crippen LogP contribution in [0.5, 0.6) is 0 Å². The number of halogens is 1. The van der Waals surface area contributed by atoms with Gasteiger partial charge in [-0.1, -0.05) is 26.2 Å². The van der Waals surface area contributed by atoms with Gasteiger partial charge in [-0.2, -0.15) is 4.98 Å². The fourth-order valence-electron chi connectivity index (χ4n) is 2.59. The Bertz CT molecular complexity index is 389. The van der Waals surface area contributed by atoms with Gasteiger partial charge in [0.1, 0.15) is 5.82 Å². The van der Waals surface area contributed by atoms with Crippen LogP contribution in [0.2, 0.25) is 0 Å². The molecule has 1 fully saturated rings. The summed E-state index contributed by atoms with van der Waals surface area (Å²) in [5.74, 6) is 2.83. The predicted octanol–water partition coefficient (Wildman–Crippen LogP) is 3.45. The second kappa shape index (κ2) is 6.36. The lowest BCUT2D eigenvalue weighted by molar-refractivity contribution is 0.278. The molecule has 1 aliphatic carbocycles. The number of hydrogen-bond acceptors (Lipinski definition) is 4. The Hall–Kier alpha value is -0.840. The minimum absolute atomic E-state index is 0.315. The quantitative estimate of drug-likeness (QED) is 0.893. The molecule has 0 saturated heterocycles. The van der Waals surface area contributed by atoms with E-state index in [-0.39, 0.29) is 0 Å². The Morgan fingerprint density at radius 3 is 2.67 bits per heavy atom. The smallest absolute Gasteiger partial charge is 0.221 e. The zero-order valence-electron chi connectivity index (χ0n) is 10.8. The van der Waals surface area contributed by atoms with E-state index in [1.807, 2.05) is 0 Å². The van der Waals surface area contributed by atoms with Gasteiger partial charge in [0.25, 0.3) is 0 Å². The number of nitrogens with zero attached hydrogens (tertiary/aromatic N) is 2. The molecule has 1 heterocycles. The summed E-state index contributed by atoms with van der Waals surface area (Å²) >= 11 is 3.43. The predicted molar refractivity (Wildman–Crippen MR) is 78.4 cm³/mol. The fraction of sp³-hybridized carbons (Fsp3) is 0.692. The van der Waals surface area contributed by atoms with Crippen molar-refractivity contribution in [3.05, 3.63) is 10.7 Å². The van der Waals surface area contributed by atoms with Gasteiger partial charge in [-0.15, -0.1) is 0 Å². The van der Waals surface area contributed by atoms with E-state index >= 15 is 0 Å². The number of nitrogen functional groups attached to an aromatic ring is 1. The van der Waals surface area contributed by atoms with E-state index in [9.17, 15) is 0 Å². The average molecular weight is 313 g/mol. The lowest BCUT2D eigenvalue weighted by Crippen LogP contribution is -2.21. The molecule has 18 heavy (non-hydrogen) atoms. The number of nitrogens with two attached hydrogens (primary N) is 1. The van der Waals surface area contributed by atoms with Crippen LogP contribution in [-0.2, 0) is 0 Å². The molecule has 1 aliphatic rings. The maximum Gasteiger partial charge on any atom is 0.221 e. The Kier molecular flexibility index (Phi) is 4.80. The maximum atomic E-state index is 5.59. The Morgan fingerprint density at radius 1 is 1.33 bits per heavy atom. The molecule has 0 unspecified atom stereocenters. The molecule has 0 aliphatic heterocycles.